The molecule has 2 aromatic rings. The number of aromatic nitrogens is 1. The molecule has 0 aliphatic heterocycles. The zero-order valence-corrected chi connectivity index (χ0v) is 16.1. The van der Waals surface area contributed by atoms with Crippen molar-refractivity contribution < 1.29 is 22.8 Å². The summed E-state index contributed by atoms with van der Waals surface area (Å²) in [6, 6.07) is 6.41. The Hall–Kier alpha value is -2.90. The van der Waals surface area contributed by atoms with Crippen LogP contribution >= 0.6 is 0 Å². The Morgan fingerprint density at radius 2 is 2.03 bits per heavy atom. The van der Waals surface area contributed by atoms with Crippen LogP contribution in [0.25, 0.3) is 16.5 Å². The predicted octanol–water partition coefficient (Wildman–Crippen LogP) is 3.84. The van der Waals surface area contributed by atoms with Crippen LogP contribution in [0.5, 0.6) is 0 Å². The van der Waals surface area contributed by atoms with E-state index in [2.05, 4.69) is 15.6 Å². The van der Waals surface area contributed by atoms with Crippen molar-refractivity contribution in [2.45, 2.75) is 38.4 Å². The highest BCUT2D eigenvalue weighted by molar-refractivity contribution is 6.01. The molecule has 29 heavy (non-hydrogen) atoms. The van der Waals surface area contributed by atoms with Crippen molar-refractivity contribution in [2.24, 2.45) is 5.92 Å². The molecule has 1 aromatic heterocycles. The van der Waals surface area contributed by atoms with Crippen LogP contribution in [0, 0.1) is 5.92 Å². The zero-order chi connectivity index (χ0) is 21.2. The monoisotopic (exact) mass is 405 g/mol. The number of nitrogens with one attached hydrogen (secondary N) is 2. The van der Waals surface area contributed by atoms with Crippen LogP contribution in [0.1, 0.15) is 42.1 Å². The number of benzene rings is 1. The first-order chi connectivity index (χ1) is 13.7. The van der Waals surface area contributed by atoms with Gasteiger partial charge in [0, 0.05) is 24.2 Å². The molecule has 1 aromatic carbocycles. The van der Waals surface area contributed by atoms with E-state index in [1.165, 1.54) is 13.2 Å². The first kappa shape index (κ1) is 20.8. The standard InChI is InChI=1S/C21H22F3N3O2/c1-12(19(28)25-2)27-20(29)15-10-14-4-3-5-17(18(14)26-11-15)13-6-8-16(9-7-13)21(22,23)24/h3-6,10-12,16H,7-9H2,1-2H3,(H,25,28)(H,27,29)/t12-,16-/m1/s1. The molecule has 0 saturated heterocycles. The third kappa shape index (κ3) is 4.58. The van der Waals surface area contributed by atoms with Gasteiger partial charge in [0.1, 0.15) is 6.04 Å². The third-order valence-electron chi connectivity index (χ3n) is 5.18. The molecule has 2 N–H and O–H groups in total. The van der Waals surface area contributed by atoms with Gasteiger partial charge in [0.15, 0.2) is 0 Å². The number of hydrogen-bond donors (Lipinski definition) is 2. The summed E-state index contributed by atoms with van der Waals surface area (Å²) < 4.78 is 38.7. The van der Waals surface area contributed by atoms with E-state index in [0.29, 0.717) is 22.9 Å². The highest BCUT2D eigenvalue weighted by Gasteiger charge is 2.39. The number of alkyl halides is 3. The molecule has 0 spiro atoms. The topological polar surface area (TPSA) is 71.1 Å². The summed E-state index contributed by atoms with van der Waals surface area (Å²) in [5.74, 6) is -2.03. The Kier molecular flexibility index (Phi) is 5.91. The summed E-state index contributed by atoms with van der Waals surface area (Å²) in [6.07, 6.45) is -0.760. The van der Waals surface area contributed by atoms with Gasteiger partial charge in [-0.3, -0.25) is 14.6 Å². The summed E-state index contributed by atoms with van der Waals surface area (Å²) in [5.41, 5.74) is 2.57. The van der Waals surface area contributed by atoms with Crippen LogP contribution in [0.15, 0.2) is 36.5 Å². The molecule has 0 unspecified atom stereocenters. The quantitative estimate of drug-likeness (QED) is 0.812. The zero-order valence-electron chi connectivity index (χ0n) is 16.1. The molecule has 0 bridgehead atoms. The second-order valence-electron chi connectivity index (χ2n) is 7.15. The number of carbonyl (C=O) groups is 2. The largest absolute Gasteiger partial charge is 0.392 e. The Bertz CT molecular complexity index is 969. The first-order valence-corrected chi connectivity index (χ1v) is 9.38. The van der Waals surface area contributed by atoms with E-state index in [0.717, 1.165) is 11.1 Å². The van der Waals surface area contributed by atoms with Crippen molar-refractivity contribution in [3.05, 3.63) is 47.7 Å². The highest BCUT2D eigenvalue weighted by Crippen LogP contribution is 2.40. The van der Waals surface area contributed by atoms with Crippen LogP contribution in [0.2, 0.25) is 0 Å². The van der Waals surface area contributed by atoms with Gasteiger partial charge in [-0.15, -0.1) is 0 Å². The second-order valence-corrected chi connectivity index (χ2v) is 7.15. The number of amides is 2. The van der Waals surface area contributed by atoms with Crippen molar-refractivity contribution in [3.63, 3.8) is 0 Å². The Morgan fingerprint density at radius 1 is 1.28 bits per heavy atom. The maximum absolute atomic E-state index is 12.9. The van der Waals surface area contributed by atoms with Gasteiger partial charge in [-0.1, -0.05) is 24.3 Å². The molecule has 3 rings (SSSR count). The van der Waals surface area contributed by atoms with Crippen molar-refractivity contribution in [1.82, 2.24) is 15.6 Å². The van der Waals surface area contributed by atoms with Crippen LogP contribution in [0.3, 0.4) is 0 Å². The molecule has 1 aliphatic carbocycles. The molecule has 5 nitrogen and oxygen atoms in total. The molecule has 154 valence electrons. The Labute approximate surface area is 166 Å². The fourth-order valence-corrected chi connectivity index (χ4v) is 3.48. The van der Waals surface area contributed by atoms with Gasteiger partial charge in [-0.05, 0) is 37.8 Å². The number of allylic oxidation sites excluding steroid dienone is 2. The third-order valence-corrected chi connectivity index (χ3v) is 5.18. The number of hydrogen-bond acceptors (Lipinski definition) is 3. The van der Waals surface area contributed by atoms with Gasteiger partial charge < -0.3 is 10.6 Å². The Morgan fingerprint density at radius 3 is 2.66 bits per heavy atom. The number of para-hydroxylation sites is 1. The molecule has 8 heteroatoms. The highest BCUT2D eigenvalue weighted by atomic mass is 19.4. The molecule has 0 saturated carbocycles. The minimum absolute atomic E-state index is 0.0346. The smallest absolute Gasteiger partial charge is 0.357 e. The maximum atomic E-state index is 12.9. The lowest BCUT2D eigenvalue weighted by Gasteiger charge is -2.24. The average molecular weight is 405 g/mol. The molecule has 2 amide bonds. The number of rotatable bonds is 4. The predicted molar refractivity (Wildman–Crippen MR) is 104 cm³/mol. The lowest BCUT2D eigenvalue weighted by Crippen LogP contribution is -2.43. The number of fused-ring (bicyclic) bond motifs is 1. The van der Waals surface area contributed by atoms with Crippen LogP contribution in [-0.2, 0) is 4.79 Å². The number of carbonyl (C=O) groups excluding carboxylic acids is 2. The fourth-order valence-electron chi connectivity index (χ4n) is 3.48. The van der Waals surface area contributed by atoms with Gasteiger partial charge in [-0.25, -0.2) is 0 Å². The van der Waals surface area contributed by atoms with E-state index < -0.39 is 24.0 Å². The van der Waals surface area contributed by atoms with Crippen molar-refractivity contribution in [2.75, 3.05) is 7.05 Å². The average Bonchev–Trinajstić information content (AvgIpc) is 2.71. The minimum Gasteiger partial charge on any atom is -0.357 e. The lowest BCUT2D eigenvalue weighted by molar-refractivity contribution is -0.175. The molecule has 2 atom stereocenters. The Balaban J connectivity index is 1.85. The van der Waals surface area contributed by atoms with E-state index in [-0.39, 0.29) is 18.7 Å². The maximum Gasteiger partial charge on any atom is 0.392 e. The lowest BCUT2D eigenvalue weighted by atomic mass is 9.85. The van der Waals surface area contributed by atoms with Gasteiger partial charge in [0.2, 0.25) is 5.91 Å². The first-order valence-electron chi connectivity index (χ1n) is 9.38. The van der Waals surface area contributed by atoms with Gasteiger partial charge >= 0.3 is 6.18 Å². The molecular formula is C21H22F3N3O2. The molecule has 1 aliphatic rings. The fraction of sp³-hybridized carbons (Fsp3) is 0.381. The molecular weight excluding hydrogens is 383 g/mol. The molecule has 0 fully saturated rings. The molecule has 1 heterocycles. The van der Waals surface area contributed by atoms with E-state index in [9.17, 15) is 22.8 Å². The summed E-state index contributed by atoms with van der Waals surface area (Å²) in [4.78, 5) is 28.4. The summed E-state index contributed by atoms with van der Waals surface area (Å²) in [6.45, 7) is 1.58. The van der Waals surface area contributed by atoms with Crippen LogP contribution < -0.4 is 10.6 Å². The summed E-state index contributed by atoms with van der Waals surface area (Å²) in [7, 11) is 1.49. The second kappa shape index (κ2) is 8.23. The van der Waals surface area contributed by atoms with Gasteiger partial charge in [-0.2, -0.15) is 13.2 Å². The number of halogens is 3. The SMILES string of the molecule is CNC(=O)[C@@H](C)NC(=O)c1cnc2c(C3=CC[C@@H](C(F)(F)F)CC3)cccc2c1. The van der Waals surface area contributed by atoms with Crippen molar-refractivity contribution in [1.29, 1.82) is 0 Å². The van der Waals surface area contributed by atoms with E-state index in [1.54, 1.807) is 31.2 Å². The molecule has 0 radical (unpaired) electrons. The summed E-state index contributed by atoms with van der Waals surface area (Å²) in [5, 5.41) is 5.77. The van der Waals surface area contributed by atoms with E-state index in [4.69, 9.17) is 0 Å². The number of nitrogens with zero attached hydrogens (tertiary/aromatic N) is 1. The van der Waals surface area contributed by atoms with Crippen LogP contribution in [0.4, 0.5) is 13.2 Å². The minimum atomic E-state index is -4.17. The van der Waals surface area contributed by atoms with Crippen molar-refractivity contribution >= 4 is 28.3 Å². The van der Waals surface area contributed by atoms with Crippen LogP contribution in [-0.4, -0.2) is 36.1 Å². The number of likely N-dealkylation sites (N-methyl/N-ethyl adjacent to an activating group) is 1. The van der Waals surface area contributed by atoms with Crippen molar-refractivity contribution in [3.8, 4) is 0 Å². The normalized spacial score (nSPS) is 18.1. The van der Waals surface area contributed by atoms with Gasteiger partial charge in [0.25, 0.3) is 5.91 Å². The number of pyridine rings is 1. The van der Waals surface area contributed by atoms with E-state index in [1.807, 2.05) is 6.07 Å². The summed E-state index contributed by atoms with van der Waals surface area (Å²) >= 11 is 0. The van der Waals surface area contributed by atoms with E-state index >= 15 is 0 Å². The van der Waals surface area contributed by atoms with Gasteiger partial charge in [0.05, 0.1) is 17.0 Å².